The topological polar surface area (TPSA) is 58.1 Å². The van der Waals surface area contributed by atoms with Gasteiger partial charge in [-0.2, -0.15) is 4.37 Å². The SMILES string of the molecule is Cc1nsc(NC(=O)N2CC[C@H](C3CCCCC3)C2)n1. The molecule has 3 rings (SSSR count). The van der Waals surface area contributed by atoms with Gasteiger partial charge in [0.15, 0.2) is 0 Å². The molecule has 2 aliphatic rings. The molecule has 0 unspecified atom stereocenters. The summed E-state index contributed by atoms with van der Waals surface area (Å²) in [6, 6.07) is -0.0144. The lowest BCUT2D eigenvalue weighted by Crippen LogP contribution is -2.33. The maximum Gasteiger partial charge on any atom is 0.323 e. The fourth-order valence-electron chi connectivity index (χ4n) is 3.48. The van der Waals surface area contributed by atoms with Crippen LogP contribution in [0.4, 0.5) is 9.93 Å². The van der Waals surface area contributed by atoms with Crippen LogP contribution in [0.5, 0.6) is 0 Å². The van der Waals surface area contributed by atoms with Crippen molar-refractivity contribution in [2.75, 3.05) is 18.4 Å². The second kappa shape index (κ2) is 6.08. The van der Waals surface area contributed by atoms with Gasteiger partial charge in [0.25, 0.3) is 0 Å². The van der Waals surface area contributed by atoms with Crippen molar-refractivity contribution in [3.05, 3.63) is 5.82 Å². The quantitative estimate of drug-likeness (QED) is 0.910. The minimum absolute atomic E-state index is 0.0144. The van der Waals surface area contributed by atoms with E-state index >= 15 is 0 Å². The molecule has 1 aliphatic carbocycles. The number of likely N-dealkylation sites (tertiary alicyclic amines) is 1. The molecule has 5 nitrogen and oxygen atoms in total. The molecule has 0 radical (unpaired) electrons. The van der Waals surface area contributed by atoms with E-state index in [4.69, 9.17) is 0 Å². The molecule has 1 saturated heterocycles. The van der Waals surface area contributed by atoms with Crippen LogP contribution in [0.2, 0.25) is 0 Å². The molecule has 1 aliphatic heterocycles. The van der Waals surface area contributed by atoms with E-state index < -0.39 is 0 Å². The Morgan fingerprint density at radius 1 is 1.25 bits per heavy atom. The van der Waals surface area contributed by atoms with Crippen molar-refractivity contribution in [1.29, 1.82) is 0 Å². The lowest BCUT2D eigenvalue weighted by atomic mass is 9.80. The molecule has 0 bridgehead atoms. The number of amides is 2. The van der Waals surface area contributed by atoms with Gasteiger partial charge in [0, 0.05) is 24.6 Å². The van der Waals surface area contributed by atoms with Crippen LogP contribution in [0.25, 0.3) is 0 Å². The number of aryl methyl sites for hydroxylation is 1. The zero-order valence-corrected chi connectivity index (χ0v) is 12.8. The van der Waals surface area contributed by atoms with Crippen LogP contribution in [-0.2, 0) is 0 Å². The molecule has 110 valence electrons. The number of rotatable bonds is 2. The van der Waals surface area contributed by atoms with Gasteiger partial charge in [-0.3, -0.25) is 5.32 Å². The Labute approximate surface area is 123 Å². The second-order valence-corrected chi connectivity index (χ2v) is 6.72. The van der Waals surface area contributed by atoms with Crippen molar-refractivity contribution in [2.24, 2.45) is 11.8 Å². The predicted molar refractivity (Wildman–Crippen MR) is 79.9 cm³/mol. The van der Waals surface area contributed by atoms with Gasteiger partial charge < -0.3 is 4.90 Å². The number of hydrogen-bond donors (Lipinski definition) is 1. The largest absolute Gasteiger partial charge is 0.324 e. The highest BCUT2D eigenvalue weighted by molar-refractivity contribution is 7.09. The van der Waals surface area contributed by atoms with Gasteiger partial charge in [-0.15, -0.1) is 0 Å². The molecule has 6 heteroatoms. The van der Waals surface area contributed by atoms with Crippen molar-refractivity contribution < 1.29 is 4.79 Å². The maximum absolute atomic E-state index is 12.2. The number of anilines is 1. The predicted octanol–water partition coefficient (Wildman–Crippen LogP) is 3.28. The number of carbonyl (C=O) groups is 1. The fourth-order valence-corrected chi connectivity index (χ4v) is 4.05. The third kappa shape index (κ3) is 3.11. The normalized spacial score (nSPS) is 24.1. The number of carbonyl (C=O) groups excluding carboxylic acids is 1. The number of nitrogens with one attached hydrogen (secondary N) is 1. The summed E-state index contributed by atoms with van der Waals surface area (Å²) >= 11 is 1.25. The summed E-state index contributed by atoms with van der Waals surface area (Å²) < 4.78 is 4.08. The monoisotopic (exact) mass is 294 g/mol. The van der Waals surface area contributed by atoms with Gasteiger partial charge in [0.1, 0.15) is 5.82 Å². The number of hydrogen-bond acceptors (Lipinski definition) is 4. The van der Waals surface area contributed by atoms with Crippen LogP contribution < -0.4 is 5.32 Å². The fraction of sp³-hybridized carbons (Fsp3) is 0.786. The Bertz CT molecular complexity index is 469. The molecular formula is C14H22N4OS. The summed E-state index contributed by atoms with van der Waals surface area (Å²) in [6.07, 6.45) is 8.01. The average Bonchev–Trinajstić information content (AvgIpc) is 3.09. The van der Waals surface area contributed by atoms with Crippen LogP contribution in [-0.4, -0.2) is 33.4 Å². The summed E-state index contributed by atoms with van der Waals surface area (Å²) in [7, 11) is 0. The Morgan fingerprint density at radius 3 is 2.75 bits per heavy atom. The first-order valence-electron chi connectivity index (χ1n) is 7.58. The van der Waals surface area contributed by atoms with E-state index in [-0.39, 0.29) is 6.03 Å². The summed E-state index contributed by atoms with van der Waals surface area (Å²) in [6.45, 7) is 3.63. The third-order valence-corrected chi connectivity index (χ3v) is 5.29. The first-order valence-corrected chi connectivity index (χ1v) is 8.36. The molecule has 1 saturated carbocycles. The minimum atomic E-state index is -0.0144. The lowest BCUT2D eigenvalue weighted by Gasteiger charge is -2.27. The van der Waals surface area contributed by atoms with Gasteiger partial charge in [0.05, 0.1) is 0 Å². The molecule has 0 spiro atoms. The van der Waals surface area contributed by atoms with Gasteiger partial charge in [-0.05, 0) is 25.2 Å². The molecule has 1 atom stereocenters. The average molecular weight is 294 g/mol. The minimum Gasteiger partial charge on any atom is -0.324 e. The molecule has 0 aromatic carbocycles. The highest BCUT2D eigenvalue weighted by Gasteiger charge is 2.32. The third-order valence-electron chi connectivity index (χ3n) is 4.57. The first kappa shape index (κ1) is 13.8. The van der Waals surface area contributed by atoms with Crippen molar-refractivity contribution >= 4 is 22.7 Å². The summed E-state index contributed by atoms with van der Waals surface area (Å²) in [5.41, 5.74) is 0. The van der Waals surface area contributed by atoms with Crippen molar-refractivity contribution in [2.45, 2.75) is 45.4 Å². The maximum atomic E-state index is 12.2. The van der Waals surface area contributed by atoms with E-state index in [1.165, 1.54) is 43.6 Å². The highest BCUT2D eigenvalue weighted by Crippen LogP contribution is 2.35. The van der Waals surface area contributed by atoms with Crippen LogP contribution in [0.1, 0.15) is 44.3 Å². The van der Waals surface area contributed by atoms with Crippen LogP contribution in [0.15, 0.2) is 0 Å². The van der Waals surface area contributed by atoms with Crippen molar-refractivity contribution in [3.8, 4) is 0 Å². The van der Waals surface area contributed by atoms with E-state index in [9.17, 15) is 4.79 Å². The zero-order valence-electron chi connectivity index (χ0n) is 12.0. The molecule has 1 aromatic heterocycles. The standard InChI is InChI=1S/C14H22N4OS/c1-10-15-13(20-17-10)16-14(19)18-8-7-12(9-18)11-5-3-2-4-6-11/h11-12H,2-9H2,1H3,(H,15,16,17,19)/t12-/m0/s1. The lowest BCUT2D eigenvalue weighted by molar-refractivity contribution is 0.211. The van der Waals surface area contributed by atoms with Crippen LogP contribution in [0.3, 0.4) is 0 Å². The van der Waals surface area contributed by atoms with Crippen molar-refractivity contribution in [3.63, 3.8) is 0 Å². The van der Waals surface area contributed by atoms with Gasteiger partial charge in [-0.1, -0.05) is 32.1 Å². The van der Waals surface area contributed by atoms with Gasteiger partial charge in [-0.25, -0.2) is 9.78 Å². The van der Waals surface area contributed by atoms with E-state index in [2.05, 4.69) is 14.7 Å². The van der Waals surface area contributed by atoms with E-state index in [0.29, 0.717) is 16.9 Å². The molecule has 2 heterocycles. The Hall–Kier alpha value is -1.17. The van der Waals surface area contributed by atoms with Gasteiger partial charge >= 0.3 is 6.03 Å². The molecule has 20 heavy (non-hydrogen) atoms. The second-order valence-electron chi connectivity index (χ2n) is 5.97. The Balaban J connectivity index is 1.52. The molecule has 1 aromatic rings. The summed E-state index contributed by atoms with van der Waals surface area (Å²) in [5.74, 6) is 2.26. The molecule has 2 fully saturated rings. The number of urea groups is 1. The smallest absolute Gasteiger partial charge is 0.323 e. The van der Waals surface area contributed by atoms with Gasteiger partial charge in [0.2, 0.25) is 5.13 Å². The number of aromatic nitrogens is 2. The zero-order chi connectivity index (χ0) is 13.9. The Kier molecular flexibility index (Phi) is 4.19. The molecule has 1 N–H and O–H groups in total. The first-order chi connectivity index (χ1) is 9.72. The van der Waals surface area contributed by atoms with Crippen molar-refractivity contribution in [1.82, 2.24) is 14.3 Å². The highest BCUT2D eigenvalue weighted by atomic mass is 32.1. The van der Waals surface area contributed by atoms with E-state index in [1.54, 1.807) is 0 Å². The Morgan fingerprint density at radius 2 is 2.05 bits per heavy atom. The number of nitrogens with zero attached hydrogens (tertiary/aromatic N) is 3. The molecular weight excluding hydrogens is 272 g/mol. The summed E-state index contributed by atoms with van der Waals surface area (Å²) in [4.78, 5) is 18.3. The summed E-state index contributed by atoms with van der Waals surface area (Å²) in [5, 5.41) is 3.47. The van der Waals surface area contributed by atoms with E-state index in [1.807, 2.05) is 11.8 Å². The van der Waals surface area contributed by atoms with Crippen LogP contribution in [0, 0.1) is 18.8 Å². The van der Waals surface area contributed by atoms with E-state index in [0.717, 1.165) is 25.4 Å². The van der Waals surface area contributed by atoms with Crippen LogP contribution >= 0.6 is 11.5 Å². The molecule has 2 amide bonds.